The summed E-state index contributed by atoms with van der Waals surface area (Å²) >= 11 is 0. The van der Waals surface area contributed by atoms with Crippen LogP contribution in [-0.2, 0) is 0 Å². The van der Waals surface area contributed by atoms with E-state index in [1.807, 2.05) is 0 Å². The molecule has 114 valence electrons. The van der Waals surface area contributed by atoms with E-state index in [0.717, 1.165) is 17.8 Å². The predicted octanol–water partition coefficient (Wildman–Crippen LogP) is 3.00. The summed E-state index contributed by atoms with van der Waals surface area (Å²) in [6, 6.07) is 5.81. The molecule has 0 amide bonds. The molecule has 1 aromatic carbocycles. The van der Waals surface area contributed by atoms with Gasteiger partial charge in [0.05, 0.1) is 0 Å². The highest BCUT2D eigenvalue weighted by Gasteiger charge is 2.48. The summed E-state index contributed by atoms with van der Waals surface area (Å²) in [7, 11) is 0. The highest BCUT2D eigenvalue weighted by Crippen LogP contribution is 2.54. The Balaban J connectivity index is 0.000000127. The molecule has 4 nitrogen and oxygen atoms in total. The van der Waals surface area contributed by atoms with E-state index in [-0.39, 0.29) is 11.3 Å². The number of hydrogen-bond acceptors (Lipinski definition) is 3. The van der Waals surface area contributed by atoms with Crippen LogP contribution in [0.25, 0.3) is 0 Å². The summed E-state index contributed by atoms with van der Waals surface area (Å²) in [5, 5.41) is 17.3. The van der Waals surface area contributed by atoms with Crippen LogP contribution in [-0.4, -0.2) is 21.7 Å². The van der Waals surface area contributed by atoms with Gasteiger partial charge in [0.1, 0.15) is 11.3 Å². The summed E-state index contributed by atoms with van der Waals surface area (Å²) in [6.45, 7) is 0. The second-order valence-corrected chi connectivity index (χ2v) is 7.10. The molecule has 0 aliphatic heterocycles. The Morgan fingerprint density at radius 3 is 1.86 bits per heavy atom. The maximum atomic E-state index is 10.3. The molecule has 4 bridgehead atoms. The van der Waals surface area contributed by atoms with Crippen molar-refractivity contribution in [2.45, 2.75) is 44.1 Å². The van der Waals surface area contributed by atoms with E-state index in [2.05, 4.69) is 0 Å². The molecular formula is C17H23NO3. The van der Waals surface area contributed by atoms with E-state index in [1.165, 1.54) is 50.7 Å². The van der Waals surface area contributed by atoms with Gasteiger partial charge in [-0.25, -0.2) is 4.79 Å². The number of aromatic hydroxyl groups is 1. The number of benzene rings is 1. The zero-order valence-electron chi connectivity index (χ0n) is 12.2. The van der Waals surface area contributed by atoms with Crippen LogP contribution in [0.4, 0.5) is 0 Å². The normalized spacial score (nSPS) is 36.0. The number of nitrogens with two attached hydrogens (primary N) is 1. The molecule has 4 N–H and O–H groups in total. The maximum Gasteiger partial charge on any atom is 0.339 e. The molecule has 0 aromatic heterocycles. The summed E-state index contributed by atoms with van der Waals surface area (Å²) in [4.78, 5) is 10.3. The van der Waals surface area contributed by atoms with Crippen LogP contribution in [0, 0.1) is 17.8 Å². The largest absolute Gasteiger partial charge is 0.507 e. The fourth-order valence-corrected chi connectivity index (χ4v) is 4.83. The molecule has 0 radical (unpaired) electrons. The van der Waals surface area contributed by atoms with Crippen molar-refractivity contribution in [3.8, 4) is 5.75 Å². The Morgan fingerprint density at radius 2 is 1.52 bits per heavy atom. The van der Waals surface area contributed by atoms with E-state index >= 15 is 0 Å². The molecule has 0 unspecified atom stereocenters. The van der Waals surface area contributed by atoms with Crippen LogP contribution in [0.1, 0.15) is 48.9 Å². The second-order valence-electron chi connectivity index (χ2n) is 7.10. The fraction of sp³-hybridized carbons (Fsp3) is 0.588. The molecular weight excluding hydrogens is 266 g/mol. The van der Waals surface area contributed by atoms with Gasteiger partial charge in [-0.15, -0.1) is 0 Å². The lowest BCUT2D eigenvalue weighted by Gasteiger charge is -2.55. The molecule has 1 aromatic rings. The van der Waals surface area contributed by atoms with Gasteiger partial charge in [0.25, 0.3) is 0 Å². The molecule has 0 atom stereocenters. The molecule has 0 spiro atoms. The molecule has 5 rings (SSSR count). The number of para-hydroxylation sites is 1. The average molecular weight is 289 g/mol. The van der Waals surface area contributed by atoms with Gasteiger partial charge in [0.15, 0.2) is 0 Å². The van der Waals surface area contributed by atoms with Crippen molar-refractivity contribution in [2.75, 3.05) is 0 Å². The van der Waals surface area contributed by atoms with Crippen molar-refractivity contribution in [3.05, 3.63) is 29.8 Å². The monoisotopic (exact) mass is 289 g/mol. The maximum absolute atomic E-state index is 10.3. The first-order valence-corrected chi connectivity index (χ1v) is 7.75. The van der Waals surface area contributed by atoms with Gasteiger partial charge in [0, 0.05) is 5.54 Å². The number of carboxylic acid groups (broad SMARTS) is 1. The van der Waals surface area contributed by atoms with Crippen LogP contribution in [0.5, 0.6) is 5.75 Å². The molecule has 0 heterocycles. The summed E-state index contributed by atoms with van der Waals surface area (Å²) in [6.07, 6.45) is 8.57. The van der Waals surface area contributed by atoms with Gasteiger partial charge in [-0.1, -0.05) is 12.1 Å². The van der Waals surface area contributed by atoms with Crippen molar-refractivity contribution in [1.29, 1.82) is 0 Å². The summed E-state index contributed by atoms with van der Waals surface area (Å²) < 4.78 is 0. The van der Waals surface area contributed by atoms with E-state index in [1.54, 1.807) is 12.1 Å². The molecule has 4 aliphatic rings. The molecule has 0 saturated heterocycles. The number of aromatic carboxylic acids is 1. The van der Waals surface area contributed by atoms with Crippen molar-refractivity contribution < 1.29 is 15.0 Å². The van der Waals surface area contributed by atoms with Crippen LogP contribution < -0.4 is 5.73 Å². The fourth-order valence-electron chi connectivity index (χ4n) is 4.83. The van der Waals surface area contributed by atoms with E-state index in [9.17, 15) is 4.79 Å². The lowest BCUT2D eigenvalue weighted by atomic mass is 9.53. The average Bonchev–Trinajstić information content (AvgIpc) is 2.36. The van der Waals surface area contributed by atoms with E-state index in [0.29, 0.717) is 5.54 Å². The van der Waals surface area contributed by atoms with E-state index < -0.39 is 5.97 Å². The topological polar surface area (TPSA) is 83.6 Å². The van der Waals surface area contributed by atoms with Crippen molar-refractivity contribution in [2.24, 2.45) is 23.5 Å². The quantitative estimate of drug-likeness (QED) is 0.742. The summed E-state index contributed by atoms with van der Waals surface area (Å²) in [5.74, 6) is 1.75. The molecule has 4 aliphatic carbocycles. The highest BCUT2D eigenvalue weighted by atomic mass is 16.4. The molecule has 4 saturated carbocycles. The first kappa shape index (κ1) is 14.4. The SMILES string of the molecule is NC12CC3CC(CC(C3)C1)C2.O=C(O)c1ccccc1O. The Morgan fingerprint density at radius 1 is 1.05 bits per heavy atom. The van der Waals surface area contributed by atoms with Crippen molar-refractivity contribution in [1.82, 2.24) is 0 Å². The second kappa shape index (κ2) is 5.34. The third-order valence-corrected chi connectivity index (χ3v) is 5.22. The van der Waals surface area contributed by atoms with Crippen LogP contribution in [0.3, 0.4) is 0 Å². The van der Waals surface area contributed by atoms with Crippen molar-refractivity contribution >= 4 is 5.97 Å². The molecule has 4 fully saturated rings. The molecule has 21 heavy (non-hydrogen) atoms. The van der Waals surface area contributed by atoms with Gasteiger partial charge in [0.2, 0.25) is 0 Å². The van der Waals surface area contributed by atoms with Gasteiger partial charge < -0.3 is 15.9 Å². The minimum absolute atomic E-state index is 0.0671. The minimum Gasteiger partial charge on any atom is -0.507 e. The first-order valence-electron chi connectivity index (χ1n) is 7.75. The van der Waals surface area contributed by atoms with Gasteiger partial charge in [-0.3, -0.25) is 0 Å². The smallest absolute Gasteiger partial charge is 0.339 e. The third kappa shape index (κ3) is 3.05. The Hall–Kier alpha value is -1.55. The van der Waals surface area contributed by atoms with Gasteiger partial charge in [-0.05, 0) is 68.4 Å². The number of phenols is 1. The lowest BCUT2D eigenvalue weighted by Crippen LogP contribution is -2.55. The molecule has 4 heteroatoms. The highest BCUT2D eigenvalue weighted by molar-refractivity contribution is 5.90. The Kier molecular flexibility index (Phi) is 3.66. The minimum atomic E-state index is -1.11. The zero-order chi connectivity index (χ0) is 15.0. The van der Waals surface area contributed by atoms with Crippen LogP contribution in [0.15, 0.2) is 24.3 Å². The van der Waals surface area contributed by atoms with Gasteiger partial charge >= 0.3 is 5.97 Å². The Bertz CT molecular complexity index is 505. The van der Waals surface area contributed by atoms with Gasteiger partial charge in [-0.2, -0.15) is 0 Å². The first-order chi connectivity index (χ1) is 9.95. The Labute approximate surface area is 125 Å². The van der Waals surface area contributed by atoms with Crippen LogP contribution >= 0.6 is 0 Å². The summed E-state index contributed by atoms with van der Waals surface area (Å²) in [5.41, 5.74) is 6.55. The zero-order valence-corrected chi connectivity index (χ0v) is 12.2. The van der Waals surface area contributed by atoms with Crippen LogP contribution in [0.2, 0.25) is 0 Å². The van der Waals surface area contributed by atoms with E-state index in [4.69, 9.17) is 15.9 Å². The van der Waals surface area contributed by atoms with Crippen molar-refractivity contribution in [3.63, 3.8) is 0 Å². The number of carbonyl (C=O) groups is 1. The third-order valence-electron chi connectivity index (χ3n) is 5.22. The lowest BCUT2D eigenvalue weighted by molar-refractivity contribution is 0.000362. The number of rotatable bonds is 1. The number of hydrogen-bond donors (Lipinski definition) is 3. The predicted molar refractivity (Wildman–Crippen MR) is 80.2 cm³/mol. The standard InChI is InChI=1S/C10H17N.C7H6O3/c11-10-4-7-1-8(5-10)3-9(2-7)6-10;8-6-4-2-1-3-5(6)7(9)10/h7-9H,1-6,11H2;1-4,8H,(H,9,10). The number of carboxylic acids is 1.